The maximum absolute atomic E-state index is 12.4. The first-order valence-electron chi connectivity index (χ1n) is 7.16. The Morgan fingerprint density at radius 3 is 2.91 bits per heavy atom. The molecular weight excluding hydrogens is 284 g/mol. The van der Waals surface area contributed by atoms with Gasteiger partial charge in [-0.05, 0) is 19.4 Å². The topological polar surface area (TPSA) is 85.0 Å². The zero-order chi connectivity index (χ0) is 15.7. The van der Waals surface area contributed by atoms with E-state index in [2.05, 4.69) is 15.5 Å². The summed E-state index contributed by atoms with van der Waals surface area (Å²) >= 11 is 0. The Labute approximate surface area is 127 Å². The van der Waals surface area contributed by atoms with Crippen molar-refractivity contribution in [2.75, 3.05) is 11.4 Å². The Balaban J connectivity index is 1.64. The van der Waals surface area contributed by atoms with Gasteiger partial charge in [-0.15, -0.1) is 0 Å². The van der Waals surface area contributed by atoms with Gasteiger partial charge in [0, 0.05) is 32.2 Å². The molecule has 0 saturated carbocycles. The standard InChI is InChI=1S/C14H18N6O2/c1-10(20-6-3-5-15-20)13(21)17-12-4-7-19(14(12)22)11-8-16-18(2)9-11/h3,5-6,8-10,12H,4,7H2,1-2H3,(H,17,21). The van der Waals surface area contributed by atoms with Gasteiger partial charge in [0.05, 0.1) is 11.9 Å². The molecule has 1 fully saturated rings. The molecule has 8 nitrogen and oxygen atoms in total. The average molecular weight is 302 g/mol. The molecule has 22 heavy (non-hydrogen) atoms. The van der Waals surface area contributed by atoms with Crippen molar-refractivity contribution in [3.05, 3.63) is 30.9 Å². The lowest BCUT2D eigenvalue weighted by molar-refractivity contribution is -0.128. The summed E-state index contributed by atoms with van der Waals surface area (Å²) in [5.41, 5.74) is 0.754. The number of nitrogens with one attached hydrogen (secondary N) is 1. The number of amides is 2. The van der Waals surface area contributed by atoms with Crippen molar-refractivity contribution in [3.63, 3.8) is 0 Å². The Kier molecular flexibility index (Phi) is 3.66. The zero-order valence-electron chi connectivity index (χ0n) is 12.5. The molecule has 1 aliphatic rings. The second kappa shape index (κ2) is 5.63. The molecule has 3 heterocycles. The Morgan fingerprint density at radius 2 is 2.27 bits per heavy atom. The molecular formula is C14H18N6O2. The van der Waals surface area contributed by atoms with Crippen molar-refractivity contribution in [2.45, 2.75) is 25.4 Å². The number of hydrogen-bond donors (Lipinski definition) is 1. The number of anilines is 1. The van der Waals surface area contributed by atoms with Crippen LogP contribution in [0.4, 0.5) is 5.69 Å². The van der Waals surface area contributed by atoms with Crippen LogP contribution in [0, 0.1) is 0 Å². The van der Waals surface area contributed by atoms with Gasteiger partial charge in [-0.2, -0.15) is 10.2 Å². The Bertz CT molecular complexity index is 677. The molecule has 2 amide bonds. The van der Waals surface area contributed by atoms with Gasteiger partial charge < -0.3 is 10.2 Å². The second-order valence-electron chi connectivity index (χ2n) is 5.37. The lowest BCUT2D eigenvalue weighted by atomic mass is 10.2. The van der Waals surface area contributed by atoms with Crippen LogP contribution in [0.5, 0.6) is 0 Å². The molecule has 3 rings (SSSR count). The highest BCUT2D eigenvalue weighted by molar-refractivity contribution is 6.01. The SMILES string of the molecule is CC(C(=O)NC1CCN(c2cnn(C)c2)C1=O)n1cccn1. The van der Waals surface area contributed by atoms with E-state index in [0.29, 0.717) is 13.0 Å². The molecule has 0 spiro atoms. The van der Waals surface area contributed by atoms with E-state index in [1.165, 1.54) is 0 Å². The van der Waals surface area contributed by atoms with Gasteiger partial charge in [-0.3, -0.25) is 19.0 Å². The summed E-state index contributed by atoms with van der Waals surface area (Å²) in [7, 11) is 1.80. The number of carbonyl (C=O) groups is 2. The first-order chi connectivity index (χ1) is 10.6. The fourth-order valence-electron chi connectivity index (χ4n) is 2.54. The number of aromatic nitrogens is 4. The summed E-state index contributed by atoms with van der Waals surface area (Å²) in [6.07, 6.45) is 7.37. The predicted molar refractivity (Wildman–Crippen MR) is 79.0 cm³/mol. The van der Waals surface area contributed by atoms with E-state index in [-0.39, 0.29) is 11.8 Å². The quantitative estimate of drug-likeness (QED) is 0.868. The van der Waals surface area contributed by atoms with Crippen molar-refractivity contribution in [1.29, 1.82) is 0 Å². The molecule has 0 bridgehead atoms. The van der Waals surface area contributed by atoms with Gasteiger partial charge in [0.15, 0.2) is 0 Å². The lowest BCUT2D eigenvalue weighted by Gasteiger charge is -2.17. The van der Waals surface area contributed by atoms with Crippen LogP contribution in [0.15, 0.2) is 30.9 Å². The lowest BCUT2D eigenvalue weighted by Crippen LogP contribution is -2.44. The van der Waals surface area contributed by atoms with Crippen molar-refractivity contribution in [2.24, 2.45) is 7.05 Å². The average Bonchev–Trinajstić information content (AvgIpc) is 3.21. The van der Waals surface area contributed by atoms with Gasteiger partial charge in [0.2, 0.25) is 11.8 Å². The highest BCUT2D eigenvalue weighted by Crippen LogP contribution is 2.21. The van der Waals surface area contributed by atoms with Crippen LogP contribution in [0.3, 0.4) is 0 Å². The minimum absolute atomic E-state index is 0.103. The van der Waals surface area contributed by atoms with Gasteiger partial charge in [-0.1, -0.05) is 0 Å². The molecule has 0 radical (unpaired) electrons. The van der Waals surface area contributed by atoms with E-state index in [1.807, 2.05) is 0 Å². The molecule has 1 N–H and O–H groups in total. The smallest absolute Gasteiger partial charge is 0.249 e. The molecule has 2 aromatic heterocycles. The van der Waals surface area contributed by atoms with Crippen LogP contribution in [-0.4, -0.2) is 44.0 Å². The van der Waals surface area contributed by atoms with Crippen LogP contribution in [0.25, 0.3) is 0 Å². The van der Waals surface area contributed by atoms with Crippen LogP contribution in [0.1, 0.15) is 19.4 Å². The van der Waals surface area contributed by atoms with E-state index in [1.54, 1.807) is 59.1 Å². The fraction of sp³-hybridized carbons (Fsp3) is 0.429. The van der Waals surface area contributed by atoms with Gasteiger partial charge >= 0.3 is 0 Å². The molecule has 8 heteroatoms. The van der Waals surface area contributed by atoms with Crippen molar-refractivity contribution in [3.8, 4) is 0 Å². The monoisotopic (exact) mass is 302 g/mol. The number of aryl methyl sites for hydroxylation is 1. The normalized spacial score (nSPS) is 19.5. The van der Waals surface area contributed by atoms with Crippen molar-refractivity contribution >= 4 is 17.5 Å². The molecule has 2 unspecified atom stereocenters. The molecule has 2 atom stereocenters. The largest absolute Gasteiger partial charge is 0.342 e. The highest BCUT2D eigenvalue weighted by atomic mass is 16.2. The summed E-state index contributed by atoms with van der Waals surface area (Å²) in [6, 6.07) is 0.815. The Hall–Kier alpha value is -2.64. The number of hydrogen-bond acceptors (Lipinski definition) is 4. The molecule has 116 valence electrons. The summed E-state index contributed by atoms with van der Waals surface area (Å²) in [5, 5.41) is 10.9. The fourth-order valence-corrected chi connectivity index (χ4v) is 2.54. The van der Waals surface area contributed by atoms with E-state index < -0.39 is 12.1 Å². The third-order valence-electron chi connectivity index (χ3n) is 3.83. The molecule has 0 aromatic carbocycles. The number of carbonyl (C=O) groups excluding carboxylic acids is 2. The first kappa shape index (κ1) is 14.3. The number of rotatable bonds is 4. The van der Waals surface area contributed by atoms with E-state index >= 15 is 0 Å². The summed E-state index contributed by atoms with van der Waals surface area (Å²) in [6.45, 7) is 2.33. The molecule has 1 aliphatic heterocycles. The van der Waals surface area contributed by atoms with Gasteiger partial charge in [0.1, 0.15) is 12.1 Å². The summed E-state index contributed by atoms with van der Waals surface area (Å²) in [5.74, 6) is -0.316. The van der Waals surface area contributed by atoms with Crippen molar-refractivity contribution < 1.29 is 9.59 Å². The van der Waals surface area contributed by atoms with E-state index in [9.17, 15) is 9.59 Å². The molecule has 1 saturated heterocycles. The van der Waals surface area contributed by atoms with Crippen LogP contribution in [-0.2, 0) is 16.6 Å². The number of nitrogens with zero attached hydrogens (tertiary/aromatic N) is 5. The molecule has 2 aromatic rings. The maximum atomic E-state index is 12.4. The second-order valence-corrected chi connectivity index (χ2v) is 5.37. The maximum Gasteiger partial charge on any atom is 0.249 e. The highest BCUT2D eigenvalue weighted by Gasteiger charge is 2.35. The minimum atomic E-state index is -0.495. The predicted octanol–water partition coefficient (Wildman–Crippen LogP) is 0.0993. The first-order valence-corrected chi connectivity index (χ1v) is 7.16. The van der Waals surface area contributed by atoms with Crippen molar-refractivity contribution in [1.82, 2.24) is 24.9 Å². The third kappa shape index (κ3) is 2.59. The van der Waals surface area contributed by atoms with Crippen LogP contribution in [0.2, 0.25) is 0 Å². The minimum Gasteiger partial charge on any atom is -0.342 e. The van der Waals surface area contributed by atoms with Gasteiger partial charge in [-0.25, -0.2) is 0 Å². The summed E-state index contributed by atoms with van der Waals surface area (Å²) in [4.78, 5) is 26.3. The van der Waals surface area contributed by atoms with Crippen LogP contribution < -0.4 is 10.2 Å². The van der Waals surface area contributed by atoms with E-state index in [0.717, 1.165) is 5.69 Å². The zero-order valence-corrected chi connectivity index (χ0v) is 12.5. The summed E-state index contributed by atoms with van der Waals surface area (Å²) < 4.78 is 3.21. The third-order valence-corrected chi connectivity index (χ3v) is 3.83. The Morgan fingerprint density at radius 1 is 1.45 bits per heavy atom. The van der Waals surface area contributed by atoms with Crippen LogP contribution >= 0.6 is 0 Å². The molecule has 0 aliphatic carbocycles. The van der Waals surface area contributed by atoms with Gasteiger partial charge in [0.25, 0.3) is 0 Å². The van der Waals surface area contributed by atoms with E-state index in [4.69, 9.17) is 0 Å².